The van der Waals surface area contributed by atoms with E-state index in [0.29, 0.717) is 0 Å². The maximum Gasteiger partial charge on any atom is 0.165 e. The van der Waals surface area contributed by atoms with Crippen LogP contribution in [0.4, 0.5) is 8.78 Å². The third kappa shape index (κ3) is 2.74. The van der Waals surface area contributed by atoms with Crippen LogP contribution in [-0.2, 0) is 6.61 Å². The van der Waals surface area contributed by atoms with Gasteiger partial charge in [0.05, 0.1) is 5.02 Å². The average Bonchev–Trinajstić information content (AvgIpc) is 2.30. The number of para-hydroxylation sites is 1. The molecule has 0 N–H and O–H groups in total. The zero-order valence-electron chi connectivity index (χ0n) is 8.79. The second-order valence-corrected chi connectivity index (χ2v) is 3.83. The molecule has 0 aliphatic carbocycles. The minimum absolute atomic E-state index is 0.0758. The molecule has 0 aliphatic rings. The summed E-state index contributed by atoms with van der Waals surface area (Å²) in [5.41, 5.74) is 0.220. The summed E-state index contributed by atoms with van der Waals surface area (Å²) in [4.78, 5) is 0. The first-order valence-corrected chi connectivity index (χ1v) is 5.36. The van der Waals surface area contributed by atoms with Gasteiger partial charge in [-0.3, -0.25) is 0 Å². The molecule has 2 rings (SSSR count). The van der Waals surface area contributed by atoms with Crippen LogP contribution >= 0.6 is 11.6 Å². The van der Waals surface area contributed by atoms with E-state index < -0.39 is 11.6 Å². The Balaban J connectivity index is 2.16. The Labute approximate surface area is 103 Å². The summed E-state index contributed by atoms with van der Waals surface area (Å²) in [5, 5.41) is 0.265. The van der Waals surface area contributed by atoms with Crippen molar-refractivity contribution < 1.29 is 13.5 Å². The van der Waals surface area contributed by atoms with Crippen LogP contribution in [-0.4, -0.2) is 0 Å². The number of rotatable bonds is 3. The van der Waals surface area contributed by atoms with Crippen molar-refractivity contribution in [3.63, 3.8) is 0 Å². The van der Waals surface area contributed by atoms with Crippen molar-refractivity contribution in [2.24, 2.45) is 0 Å². The van der Waals surface area contributed by atoms with Crippen LogP contribution in [0.5, 0.6) is 5.75 Å². The summed E-state index contributed by atoms with van der Waals surface area (Å²) < 4.78 is 31.8. The Bertz CT molecular complexity index is 508. The molecular weight excluding hydrogens is 246 g/mol. The molecule has 0 saturated carbocycles. The average molecular weight is 255 g/mol. The summed E-state index contributed by atoms with van der Waals surface area (Å²) in [7, 11) is 0. The largest absolute Gasteiger partial charge is 0.486 e. The Hall–Kier alpha value is -1.61. The highest BCUT2D eigenvalue weighted by Gasteiger charge is 2.09. The number of hydrogen-bond donors (Lipinski definition) is 0. The molecule has 0 spiro atoms. The Morgan fingerprint density at radius 1 is 0.941 bits per heavy atom. The van der Waals surface area contributed by atoms with Crippen molar-refractivity contribution in [2.75, 3.05) is 0 Å². The smallest absolute Gasteiger partial charge is 0.165 e. The molecule has 1 nitrogen and oxygen atoms in total. The van der Waals surface area contributed by atoms with Crippen molar-refractivity contribution in [3.8, 4) is 5.75 Å². The van der Waals surface area contributed by atoms with Crippen LogP contribution in [0.15, 0.2) is 42.5 Å². The summed E-state index contributed by atoms with van der Waals surface area (Å²) in [5.74, 6) is -0.874. The SMILES string of the molecule is Fc1ccccc1OCc1c(F)cccc1Cl. The first kappa shape index (κ1) is 11.9. The van der Waals surface area contributed by atoms with Crippen molar-refractivity contribution in [2.45, 2.75) is 6.61 Å². The summed E-state index contributed by atoms with van der Waals surface area (Å²) >= 11 is 5.82. The molecule has 0 aliphatic heterocycles. The van der Waals surface area contributed by atoms with E-state index in [1.165, 1.54) is 24.3 Å². The van der Waals surface area contributed by atoms with Gasteiger partial charge in [0.25, 0.3) is 0 Å². The lowest BCUT2D eigenvalue weighted by Crippen LogP contribution is -2.00. The third-order valence-electron chi connectivity index (χ3n) is 2.27. The van der Waals surface area contributed by atoms with E-state index in [-0.39, 0.29) is 22.9 Å². The second-order valence-electron chi connectivity index (χ2n) is 3.42. The van der Waals surface area contributed by atoms with Gasteiger partial charge in [-0.2, -0.15) is 0 Å². The van der Waals surface area contributed by atoms with E-state index in [2.05, 4.69) is 0 Å². The van der Waals surface area contributed by atoms with Crippen molar-refractivity contribution in [3.05, 3.63) is 64.7 Å². The van der Waals surface area contributed by atoms with Gasteiger partial charge in [-0.25, -0.2) is 8.78 Å². The topological polar surface area (TPSA) is 9.23 Å². The fourth-order valence-corrected chi connectivity index (χ4v) is 1.60. The van der Waals surface area contributed by atoms with Gasteiger partial charge >= 0.3 is 0 Å². The molecule has 17 heavy (non-hydrogen) atoms. The number of ether oxygens (including phenoxy) is 1. The fourth-order valence-electron chi connectivity index (χ4n) is 1.38. The minimum atomic E-state index is -0.486. The highest BCUT2D eigenvalue weighted by Crippen LogP contribution is 2.22. The molecule has 0 bridgehead atoms. The van der Waals surface area contributed by atoms with Crippen LogP contribution in [0.25, 0.3) is 0 Å². The van der Waals surface area contributed by atoms with E-state index in [0.717, 1.165) is 0 Å². The van der Waals surface area contributed by atoms with Gasteiger partial charge < -0.3 is 4.74 Å². The Morgan fingerprint density at radius 3 is 2.35 bits per heavy atom. The van der Waals surface area contributed by atoms with Crippen molar-refractivity contribution in [1.82, 2.24) is 0 Å². The molecule has 4 heteroatoms. The molecule has 88 valence electrons. The van der Waals surface area contributed by atoms with Gasteiger partial charge in [-0.05, 0) is 24.3 Å². The van der Waals surface area contributed by atoms with Crippen molar-refractivity contribution >= 4 is 11.6 Å². The van der Waals surface area contributed by atoms with Gasteiger partial charge in [-0.15, -0.1) is 0 Å². The normalized spacial score (nSPS) is 10.3. The lowest BCUT2D eigenvalue weighted by Gasteiger charge is -2.09. The van der Waals surface area contributed by atoms with Crippen LogP contribution in [0.1, 0.15) is 5.56 Å². The molecule has 0 aromatic heterocycles. The van der Waals surface area contributed by atoms with E-state index in [4.69, 9.17) is 16.3 Å². The zero-order valence-corrected chi connectivity index (χ0v) is 9.55. The first-order chi connectivity index (χ1) is 8.18. The molecule has 0 amide bonds. The van der Waals surface area contributed by atoms with Crippen LogP contribution in [0, 0.1) is 11.6 Å². The molecule has 0 fully saturated rings. The van der Waals surface area contributed by atoms with Gasteiger partial charge in [0.15, 0.2) is 11.6 Å². The fraction of sp³-hybridized carbons (Fsp3) is 0.0769. The zero-order chi connectivity index (χ0) is 12.3. The molecule has 0 saturated heterocycles. The predicted molar refractivity (Wildman–Crippen MR) is 62.1 cm³/mol. The number of benzene rings is 2. The summed E-state index contributed by atoms with van der Waals surface area (Å²) in [6, 6.07) is 10.3. The lowest BCUT2D eigenvalue weighted by atomic mass is 10.2. The Kier molecular flexibility index (Phi) is 3.59. The summed E-state index contributed by atoms with van der Waals surface area (Å²) in [6.07, 6.45) is 0. The standard InChI is InChI=1S/C13H9ClF2O/c14-10-4-3-6-11(15)9(10)8-17-13-7-2-1-5-12(13)16/h1-7H,8H2. The van der Waals surface area contributed by atoms with E-state index in [9.17, 15) is 8.78 Å². The predicted octanol–water partition coefficient (Wildman–Crippen LogP) is 4.20. The molecule has 0 atom stereocenters. The van der Waals surface area contributed by atoms with Crippen LogP contribution < -0.4 is 4.74 Å². The second kappa shape index (κ2) is 5.15. The van der Waals surface area contributed by atoms with Gasteiger partial charge in [0, 0.05) is 5.56 Å². The quantitative estimate of drug-likeness (QED) is 0.798. The molecular formula is C13H9ClF2O. The van der Waals surface area contributed by atoms with Gasteiger partial charge in [0.1, 0.15) is 12.4 Å². The molecule has 0 unspecified atom stereocenters. The minimum Gasteiger partial charge on any atom is -0.486 e. The van der Waals surface area contributed by atoms with Gasteiger partial charge in [0.2, 0.25) is 0 Å². The highest BCUT2D eigenvalue weighted by molar-refractivity contribution is 6.31. The van der Waals surface area contributed by atoms with Gasteiger partial charge in [-0.1, -0.05) is 29.8 Å². The van der Waals surface area contributed by atoms with E-state index in [1.54, 1.807) is 18.2 Å². The summed E-state index contributed by atoms with van der Waals surface area (Å²) in [6.45, 7) is -0.105. The number of hydrogen-bond acceptors (Lipinski definition) is 1. The third-order valence-corrected chi connectivity index (χ3v) is 2.62. The lowest BCUT2D eigenvalue weighted by molar-refractivity contribution is 0.285. The monoisotopic (exact) mass is 254 g/mol. The molecule has 0 radical (unpaired) electrons. The molecule has 2 aromatic carbocycles. The van der Waals surface area contributed by atoms with E-state index in [1.807, 2.05) is 0 Å². The van der Waals surface area contributed by atoms with Crippen LogP contribution in [0.3, 0.4) is 0 Å². The molecule has 2 aromatic rings. The van der Waals surface area contributed by atoms with E-state index >= 15 is 0 Å². The Morgan fingerprint density at radius 2 is 1.65 bits per heavy atom. The maximum absolute atomic E-state index is 13.4. The first-order valence-electron chi connectivity index (χ1n) is 4.98. The highest BCUT2D eigenvalue weighted by atomic mass is 35.5. The number of halogens is 3. The molecule has 0 heterocycles. The van der Waals surface area contributed by atoms with Crippen LogP contribution in [0.2, 0.25) is 5.02 Å². The van der Waals surface area contributed by atoms with Crippen molar-refractivity contribution in [1.29, 1.82) is 0 Å². The maximum atomic E-state index is 13.4.